The van der Waals surface area contributed by atoms with E-state index in [1.165, 1.54) is 22.7 Å². The van der Waals surface area contributed by atoms with Gasteiger partial charge >= 0.3 is 0 Å². The zero-order chi connectivity index (χ0) is 19.9. The molecule has 5 heteroatoms. The SMILES string of the molecule is COc1ccc(/C=C/C(=O)NCCCn2c(C)cc3ccccc32)cc1OC. The van der Waals surface area contributed by atoms with Crippen LogP contribution in [0, 0.1) is 6.92 Å². The number of nitrogens with zero attached hydrogens (tertiary/aromatic N) is 1. The van der Waals surface area contributed by atoms with Crippen LogP contribution in [0.5, 0.6) is 11.5 Å². The van der Waals surface area contributed by atoms with E-state index in [0.717, 1.165) is 18.5 Å². The van der Waals surface area contributed by atoms with Gasteiger partial charge in [0.25, 0.3) is 0 Å². The predicted octanol–water partition coefficient (Wildman–Crippen LogP) is 4.19. The molecule has 0 fully saturated rings. The highest BCUT2D eigenvalue weighted by Gasteiger charge is 2.05. The minimum Gasteiger partial charge on any atom is -0.493 e. The summed E-state index contributed by atoms with van der Waals surface area (Å²) in [6.07, 6.45) is 4.17. The largest absolute Gasteiger partial charge is 0.493 e. The molecule has 3 rings (SSSR count). The maximum absolute atomic E-state index is 12.1. The number of aromatic nitrogens is 1. The van der Waals surface area contributed by atoms with Crippen molar-refractivity contribution in [1.82, 2.24) is 9.88 Å². The second-order valence-electron chi connectivity index (χ2n) is 6.59. The summed E-state index contributed by atoms with van der Waals surface area (Å²) >= 11 is 0. The van der Waals surface area contributed by atoms with Gasteiger partial charge in [-0.2, -0.15) is 0 Å². The molecule has 28 heavy (non-hydrogen) atoms. The first kappa shape index (κ1) is 19.5. The number of para-hydroxylation sites is 1. The topological polar surface area (TPSA) is 52.5 Å². The van der Waals surface area contributed by atoms with Crippen molar-refractivity contribution >= 4 is 22.9 Å². The van der Waals surface area contributed by atoms with Crippen molar-refractivity contribution in [1.29, 1.82) is 0 Å². The summed E-state index contributed by atoms with van der Waals surface area (Å²) in [5.41, 5.74) is 3.35. The van der Waals surface area contributed by atoms with Crippen LogP contribution >= 0.6 is 0 Å². The molecule has 0 bridgehead atoms. The van der Waals surface area contributed by atoms with Crippen molar-refractivity contribution in [2.24, 2.45) is 0 Å². The van der Waals surface area contributed by atoms with E-state index in [9.17, 15) is 4.79 Å². The Morgan fingerprint density at radius 2 is 1.86 bits per heavy atom. The van der Waals surface area contributed by atoms with Gasteiger partial charge in [0.05, 0.1) is 14.2 Å². The lowest BCUT2D eigenvalue weighted by atomic mass is 10.2. The third-order valence-corrected chi connectivity index (χ3v) is 4.71. The second-order valence-corrected chi connectivity index (χ2v) is 6.59. The van der Waals surface area contributed by atoms with Gasteiger partial charge in [-0.15, -0.1) is 0 Å². The lowest BCUT2D eigenvalue weighted by Gasteiger charge is -2.09. The van der Waals surface area contributed by atoms with Crippen molar-refractivity contribution in [2.75, 3.05) is 20.8 Å². The maximum Gasteiger partial charge on any atom is 0.244 e. The van der Waals surface area contributed by atoms with Gasteiger partial charge < -0.3 is 19.4 Å². The molecule has 146 valence electrons. The maximum atomic E-state index is 12.1. The predicted molar refractivity (Wildman–Crippen MR) is 113 cm³/mol. The summed E-state index contributed by atoms with van der Waals surface area (Å²) in [6, 6.07) is 16.1. The van der Waals surface area contributed by atoms with Crippen molar-refractivity contribution in [3.63, 3.8) is 0 Å². The van der Waals surface area contributed by atoms with Crippen LogP contribution in [0.2, 0.25) is 0 Å². The smallest absolute Gasteiger partial charge is 0.244 e. The van der Waals surface area contributed by atoms with E-state index in [4.69, 9.17) is 9.47 Å². The van der Waals surface area contributed by atoms with Gasteiger partial charge in [0.1, 0.15) is 0 Å². The molecule has 3 aromatic rings. The van der Waals surface area contributed by atoms with Crippen molar-refractivity contribution in [3.05, 3.63) is 65.9 Å². The molecule has 0 saturated heterocycles. The van der Waals surface area contributed by atoms with E-state index in [0.29, 0.717) is 18.0 Å². The summed E-state index contributed by atoms with van der Waals surface area (Å²) in [7, 11) is 3.19. The fourth-order valence-corrected chi connectivity index (χ4v) is 3.28. The molecular formula is C23H26N2O3. The van der Waals surface area contributed by atoms with E-state index in [1.807, 2.05) is 18.2 Å². The van der Waals surface area contributed by atoms with E-state index in [2.05, 4.69) is 47.1 Å². The Morgan fingerprint density at radius 3 is 2.64 bits per heavy atom. The fraction of sp³-hybridized carbons (Fsp3) is 0.261. The number of carbonyl (C=O) groups is 1. The number of methoxy groups -OCH3 is 2. The first-order valence-electron chi connectivity index (χ1n) is 9.35. The van der Waals surface area contributed by atoms with Crippen LogP contribution in [-0.2, 0) is 11.3 Å². The summed E-state index contributed by atoms with van der Waals surface area (Å²) in [5, 5.41) is 4.19. The molecule has 0 aliphatic rings. The summed E-state index contributed by atoms with van der Waals surface area (Å²) in [5.74, 6) is 1.19. The molecule has 0 atom stereocenters. The van der Waals surface area contributed by atoms with E-state index in [-0.39, 0.29) is 5.91 Å². The van der Waals surface area contributed by atoms with Crippen LogP contribution < -0.4 is 14.8 Å². The molecule has 2 aromatic carbocycles. The third kappa shape index (κ3) is 4.55. The summed E-state index contributed by atoms with van der Waals surface area (Å²) < 4.78 is 12.8. The van der Waals surface area contributed by atoms with Gasteiger partial charge in [-0.3, -0.25) is 4.79 Å². The number of hydrogen-bond donors (Lipinski definition) is 1. The third-order valence-electron chi connectivity index (χ3n) is 4.71. The van der Waals surface area contributed by atoms with Crippen molar-refractivity contribution in [3.8, 4) is 11.5 Å². The van der Waals surface area contributed by atoms with Crippen LogP contribution in [0.4, 0.5) is 0 Å². The Kier molecular flexibility index (Phi) is 6.37. The van der Waals surface area contributed by atoms with Crippen LogP contribution in [0.15, 0.2) is 54.6 Å². The normalized spacial score (nSPS) is 11.1. The van der Waals surface area contributed by atoms with Gasteiger partial charge in [-0.25, -0.2) is 0 Å². The molecule has 1 aromatic heterocycles. The van der Waals surface area contributed by atoms with Crippen LogP contribution in [0.3, 0.4) is 0 Å². The molecule has 0 spiro atoms. The monoisotopic (exact) mass is 378 g/mol. The average molecular weight is 378 g/mol. The average Bonchev–Trinajstić information content (AvgIpc) is 3.04. The lowest BCUT2D eigenvalue weighted by Crippen LogP contribution is -2.23. The Labute approximate surface area is 165 Å². The molecule has 0 unspecified atom stereocenters. The molecule has 0 radical (unpaired) electrons. The number of amides is 1. The molecule has 1 amide bonds. The first-order chi connectivity index (χ1) is 13.6. The summed E-state index contributed by atoms with van der Waals surface area (Å²) in [6.45, 7) is 3.62. The number of hydrogen-bond acceptors (Lipinski definition) is 3. The molecule has 1 N–H and O–H groups in total. The van der Waals surface area contributed by atoms with Crippen LogP contribution in [0.25, 0.3) is 17.0 Å². The molecule has 0 aliphatic heterocycles. The Hall–Kier alpha value is -3.21. The zero-order valence-corrected chi connectivity index (χ0v) is 16.6. The number of rotatable bonds is 8. The second kappa shape index (κ2) is 9.13. The van der Waals surface area contributed by atoms with E-state index in [1.54, 1.807) is 20.3 Å². The minimum absolute atomic E-state index is 0.108. The Bertz CT molecular complexity index is 989. The molecule has 5 nitrogen and oxygen atoms in total. The van der Waals surface area contributed by atoms with Gasteiger partial charge in [-0.05, 0) is 54.6 Å². The molecule has 1 heterocycles. The van der Waals surface area contributed by atoms with Gasteiger partial charge in [0.15, 0.2) is 11.5 Å². The number of fused-ring (bicyclic) bond motifs is 1. The number of aryl methyl sites for hydroxylation is 2. The van der Waals surface area contributed by atoms with Crippen LogP contribution in [0.1, 0.15) is 17.7 Å². The number of nitrogens with one attached hydrogen (secondary N) is 1. The van der Waals surface area contributed by atoms with Crippen molar-refractivity contribution < 1.29 is 14.3 Å². The number of carbonyl (C=O) groups excluding carboxylic acids is 1. The van der Waals surface area contributed by atoms with Crippen molar-refractivity contribution in [2.45, 2.75) is 19.9 Å². The molecule has 0 aliphatic carbocycles. The summed E-state index contributed by atoms with van der Waals surface area (Å²) in [4.78, 5) is 12.1. The quantitative estimate of drug-likeness (QED) is 0.472. The van der Waals surface area contributed by atoms with Gasteiger partial charge in [-0.1, -0.05) is 24.3 Å². The number of benzene rings is 2. The van der Waals surface area contributed by atoms with Gasteiger partial charge in [0, 0.05) is 30.4 Å². The lowest BCUT2D eigenvalue weighted by molar-refractivity contribution is -0.116. The zero-order valence-electron chi connectivity index (χ0n) is 16.6. The Morgan fingerprint density at radius 1 is 1.07 bits per heavy atom. The van der Waals surface area contributed by atoms with E-state index >= 15 is 0 Å². The van der Waals surface area contributed by atoms with Crippen LogP contribution in [-0.4, -0.2) is 31.2 Å². The molecular weight excluding hydrogens is 352 g/mol. The first-order valence-corrected chi connectivity index (χ1v) is 9.35. The Balaban J connectivity index is 1.50. The number of ether oxygens (including phenoxy) is 2. The van der Waals surface area contributed by atoms with Gasteiger partial charge in [0.2, 0.25) is 5.91 Å². The highest BCUT2D eigenvalue weighted by molar-refractivity contribution is 5.91. The fourth-order valence-electron chi connectivity index (χ4n) is 3.28. The standard InChI is InChI=1S/C23H26N2O3/c1-17-15-19-7-4-5-8-20(19)25(17)14-6-13-24-23(26)12-10-18-9-11-21(27-2)22(16-18)28-3/h4-5,7-12,15-16H,6,13-14H2,1-3H3,(H,24,26)/b12-10+. The molecule has 0 saturated carbocycles. The highest BCUT2D eigenvalue weighted by Crippen LogP contribution is 2.27. The van der Waals surface area contributed by atoms with E-state index < -0.39 is 0 Å². The highest BCUT2D eigenvalue weighted by atomic mass is 16.5. The minimum atomic E-state index is -0.108.